The summed E-state index contributed by atoms with van der Waals surface area (Å²) in [5, 5.41) is 4.87. The first kappa shape index (κ1) is 13.2. The predicted octanol–water partition coefficient (Wildman–Crippen LogP) is 2.03. The van der Waals surface area contributed by atoms with Gasteiger partial charge in [-0.25, -0.2) is 27.3 Å². The summed E-state index contributed by atoms with van der Waals surface area (Å²) in [4.78, 5) is 3.19. The van der Waals surface area contributed by atoms with Crippen molar-refractivity contribution in [1.29, 1.82) is 0 Å². The van der Waals surface area contributed by atoms with Crippen LogP contribution in [0.5, 0.6) is 0 Å². The Bertz CT molecular complexity index is 494. The topological polar surface area (TPSA) is 73.1 Å². The SMILES string of the molecule is NS(=O)(=O)c1cc(Br)c(C(F)F)nc1I. The van der Waals surface area contributed by atoms with Crippen LogP contribution in [-0.4, -0.2) is 13.4 Å². The molecule has 0 aliphatic rings. The first-order valence-corrected chi connectivity index (χ1v) is 6.82. The van der Waals surface area contributed by atoms with Crippen LogP contribution in [0.2, 0.25) is 0 Å². The summed E-state index contributed by atoms with van der Waals surface area (Å²) in [6, 6.07) is 1.02. The van der Waals surface area contributed by atoms with Crippen molar-refractivity contribution in [3.63, 3.8) is 0 Å². The normalized spacial score (nSPS) is 12.1. The monoisotopic (exact) mass is 412 g/mol. The summed E-state index contributed by atoms with van der Waals surface area (Å²) >= 11 is 4.35. The molecular formula is C6H4BrF2IN2O2S. The molecule has 1 aromatic rings. The van der Waals surface area contributed by atoms with Gasteiger partial charge in [0, 0.05) is 4.47 Å². The number of primary sulfonamides is 1. The fraction of sp³-hybridized carbons (Fsp3) is 0.167. The van der Waals surface area contributed by atoms with E-state index >= 15 is 0 Å². The Balaban J connectivity index is 3.46. The Labute approximate surface area is 107 Å². The molecule has 0 bridgehead atoms. The van der Waals surface area contributed by atoms with Crippen LogP contribution in [-0.2, 0) is 10.0 Å². The molecule has 0 radical (unpaired) electrons. The number of nitrogens with two attached hydrogens (primary N) is 1. The molecule has 0 amide bonds. The maximum absolute atomic E-state index is 12.4. The van der Waals surface area contributed by atoms with Crippen LogP contribution in [0.15, 0.2) is 15.4 Å². The smallest absolute Gasteiger partial charge is 0.238 e. The zero-order valence-electron chi connectivity index (χ0n) is 6.92. The minimum atomic E-state index is -3.94. The quantitative estimate of drug-likeness (QED) is 0.596. The number of halogens is 4. The highest BCUT2D eigenvalue weighted by Crippen LogP contribution is 2.29. The third-order valence-corrected chi connectivity index (χ3v) is 4.19. The largest absolute Gasteiger partial charge is 0.281 e. The summed E-state index contributed by atoms with van der Waals surface area (Å²) in [6.07, 6.45) is -2.78. The van der Waals surface area contributed by atoms with Gasteiger partial charge in [0.1, 0.15) is 14.3 Å². The molecule has 1 rings (SSSR count). The van der Waals surface area contributed by atoms with Gasteiger partial charge >= 0.3 is 0 Å². The molecule has 0 atom stereocenters. The highest BCUT2D eigenvalue weighted by atomic mass is 127. The second kappa shape index (κ2) is 4.55. The van der Waals surface area contributed by atoms with Gasteiger partial charge in [0.15, 0.2) is 0 Å². The zero-order chi connectivity index (χ0) is 11.8. The third-order valence-electron chi connectivity index (χ3n) is 1.44. The average Bonchev–Trinajstić information content (AvgIpc) is 2.06. The van der Waals surface area contributed by atoms with Gasteiger partial charge in [0.25, 0.3) is 6.43 Å². The number of hydrogen-bond acceptors (Lipinski definition) is 3. The van der Waals surface area contributed by atoms with Crippen LogP contribution in [0, 0.1) is 3.70 Å². The molecule has 1 heterocycles. The van der Waals surface area contributed by atoms with Gasteiger partial charge in [-0.1, -0.05) is 0 Å². The summed E-state index contributed by atoms with van der Waals surface area (Å²) in [5.41, 5.74) is -0.508. The zero-order valence-corrected chi connectivity index (χ0v) is 11.5. The Kier molecular flexibility index (Phi) is 4.01. The molecule has 15 heavy (non-hydrogen) atoms. The minimum Gasteiger partial charge on any atom is -0.238 e. The van der Waals surface area contributed by atoms with Gasteiger partial charge < -0.3 is 0 Å². The lowest BCUT2D eigenvalue weighted by Crippen LogP contribution is -2.15. The molecule has 0 saturated heterocycles. The van der Waals surface area contributed by atoms with E-state index in [-0.39, 0.29) is 13.1 Å². The van der Waals surface area contributed by atoms with Crippen LogP contribution in [0.4, 0.5) is 8.78 Å². The van der Waals surface area contributed by atoms with E-state index in [2.05, 4.69) is 20.9 Å². The molecular weight excluding hydrogens is 409 g/mol. The number of sulfonamides is 1. The van der Waals surface area contributed by atoms with E-state index in [9.17, 15) is 17.2 Å². The number of rotatable bonds is 2. The van der Waals surface area contributed by atoms with Crippen molar-refractivity contribution in [1.82, 2.24) is 4.98 Å². The Hall–Kier alpha value is 0.130. The van der Waals surface area contributed by atoms with Crippen molar-refractivity contribution in [2.45, 2.75) is 11.3 Å². The van der Waals surface area contributed by atoms with Crippen LogP contribution in [0.1, 0.15) is 12.1 Å². The van der Waals surface area contributed by atoms with E-state index in [1.165, 1.54) is 22.6 Å². The minimum absolute atomic E-state index is 0.0754. The molecule has 2 N–H and O–H groups in total. The van der Waals surface area contributed by atoms with Crippen molar-refractivity contribution in [3.8, 4) is 0 Å². The maximum Gasteiger partial charge on any atom is 0.281 e. The number of nitrogens with zero attached hydrogens (tertiary/aromatic N) is 1. The van der Waals surface area contributed by atoms with Gasteiger partial charge in [-0.15, -0.1) is 0 Å². The summed E-state index contributed by atoms with van der Waals surface area (Å²) in [6.45, 7) is 0. The van der Waals surface area contributed by atoms with Gasteiger partial charge in [-0.3, -0.25) is 0 Å². The molecule has 0 saturated carbocycles. The standard InChI is InChI=1S/C6H4BrF2IN2O2S/c7-2-1-3(15(11,13)14)6(10)12-4(2)5(8)9/h1,5H,(H2,11,13,14). The average molecular weight is 413 g/mol. The van der Waals surface area contributed by atoms with Gasteiger partial charge in [-0.2, -0.15) is 0 Å². The molecule has 0 fully saturated rings. The van der Waals surface area contributed by atoms with Crippen LogP contribution < -0.4 is 5.14 Å². The van der Waals surface area contributed by atoms with E-state index < -0.39 is 22.1 Å². The fourth-order valence-electron chi connectivity index (χ4n) is 0.815. The third kappa shape index (κ3) is 3.04. The van der Waals surface area contributed by atoms with Gasteiger partial charge in [0.05, 0.1) is 0 Å². The molecule has 0 spiro atoms. The predicted molar refractivity (Wildman–Crippen MR) is 61.0 cm³/mol. The molecule has 84 valence electrons. The lowest BCUT2D eigenvalue weighted by Gasteiger charge is -2.06. The van der Waals surface area contributed by atoms with Gasteiger partial charge in [-0.05, 0) is 44.6 Å². The molecule has 0 unspecified atom stereocenters. The lowest BCUT2D eigenvalue weighted by molar-refractivity contribution is 0.144. The van der Waals surface area contributed by atoms with Crippen molar-refractivity contribution >= 4 is 48.5 Å². The fourth-order valence-corrected chi connectivity index (χ4v) is 3.36. The maximum atomic E-state index is 12.4. The highest BCUT2D eigenvalue weighted by molar-refractivity contribution is 14.1. The highest BCUT2D eigenvalue weighted by Gasteiger charge is 2.21. The molecule has 1 aromatic heterocycles. The molecule has 0 aromatic carbocycles. The van der Waals surface area contributed by atoms with Crippen molar-refractivity contribution < 1.29 is 17.2 Å². The van der Waals surface area contributed by atoms with Gasteiger partial charge in [0.2, 0.25) is 10.0 Å². The first-order valence-electron chi connectivity index (χ1n) is 3.40. The Morgan fingerprint density at radius 1 is 1.53 bits per heavy atom. The summed E-state index contributed by atoms with van der Waals surface area (Å²) < 4.78 is 46.6. The van der Waals surface area contributed by atoms with E-state index in [4.69, 9.17) is 5.14 Å². The summed E-state index contributed by atoms with van der Waals surface area (Å²) in [5.74, 6) is 0. The number of aromatic nitrogens is 1. The van der Waals surface area contributed by atoms with E-state index in [1.807, 2.05) is 0 Å². The van der Waals surface area contributed by atoms with E-state index in [0.29, 0.717) is 0 Å². The second-order valence-electron chi connectivity index (χ2n) is 2.49. The summed E-state index contributed by atoms with van der Waals surface area (Å²) in [7, 11) is -3.94. The lowest BCUT2D eigenvalue weighted by atomic mass is 10.4. The number of alkyl halides is 2. The Morgan fingerprint density at radius 2 is 2.07 bits per heavy atom. The molecule has 9 heteroatoms. The van der Waals surface area contributed by atoms with Crippen LogP contribution in [0.3, 0.4) is 0 Å². The van der Waals surface area contributed by atoms with E-state index in [0.717, 1.165) is 6.07 Å². The van der Waals surface area contributed by atoms with Crippen molar-refractivity contribution in [2.75, 3.05) is 0 Å². The number of hydrogen-bond donors (Lipinski definition) is 1. The molecule has 4 nitrogen and oxygen atoms in total. The molecule has 0 aliphatic carbocycles. The van der Waals surface area contributed by atoms with Crippen molar-refractivity contribution in [3.05, 3.63) is 19.9 Å². The van der Waals surface area contributed by atoms with Crippen LogP contribution in [0.25, 0.3) is 0 Å². The number of pyridine rings is 1. The first-order chi connectivity index (χ1) is 6.73. The second-order valence-corrected chi connectivity index (χ2v) is 5.90. The van der Waals surface area contributed by atoms with Crippen molar-refractivity contribution in [2.24, 2.45) is 5.14 Å². The molecule has 0 aliphatic heterocycles. The Morgan fingerprint density at radius 3 is 2.47 bits per heavy atom. The van der Waals surface area contributed by atoms with Crippen LogP contribution >= 0.6 is 38.5 Å². The van der Waals surface area contributed by atoms with E-state index in [1.54, 1.807) is 0 Å².